The maximum absolute atomic E-state index is 12.0. The molecule has 0 bridgehead atoms. The van der Waals surface area contributed by atoms with Crippen molar-refractivity contribution in [1.82, 2.24) is 0 Å². The maximum atomic E-state index is 12.0. The van der Waals surface area contributed by atoms with Crippen LogP contribution in [0.5, 0.6) is 0 Å². The Morgan fingerprint density at radius 3 is 2.79 bits per heavy atom. The van der Waals surface area contributed by atoms with Gasteiger partial charge in [0.2, 0.25) is 0 Å². The van der Waals surface area contributed by atoms with Gasteiger partial charge < -0.3 is 5.32 Å². The van der Waals surface area contributed by atoms with Crippen LogP contribution >= 0.6 is 15.9 Å². The molecule has 3 nitrogen and oxygen atoms in total. The molecule has 0 spiro atoms. The summed E-state index contributed by atoms with van der Waals surface area (Å²) in [5.41, 5.74) is 4.03. The third kappa shape index (κ3) is 2.31. The van der Waals surface area contributed by atoms with Crippen LogP contribution in [0.3, 0.4) is 0 Å². The Labute approximate surface area is 119 Å². The fourth-order valence-corrected chi connectivity index (χ4v) is 2.44. The first-order valence-corrected chi connectivity index (χ1v) is 6.69. The lowest BCUT2D eigenvalue weighted by molar-refractivity contribution is -0.110. The van der Waals surface area contributed by atoms with Crippen molar-refractivity contribution in [3.8, 4) is 0 Å². The van der Waals surface area contributed by atoms with Crippen LogP contribution in [0.25, 0.3) is 0 Å². The molecule has 19 heavy (non-hydrogen) atoms. The van der Waals surface area contributed by atoms with Gasteiger partial charge in [0.25, 0.3) is 5.91 Å². The molecule has 0 aromatic heterocycles. The number of nitrogens with zero attached hydrogens (tertiary/aromatic N) is 1. The van der Waals surface area contributed by atoms with Crippen LogP contribution in [-0.2, 0) is 4.79 Å². The molecular formula is C15H11BrN2O. The summed E-state index contributed by atoms with van der Waals surface area (Å²) in [5.74, 6) is -0.152. The van der Waals surface area contributed by atoms with Crippen LogP contribution in [0.15, 0.2) is 51.9 Å². The number of carbonyl (C=O) groups excluding carboxylic acids is 1. The number of aliphatic imine (C=N–C) groups is 1. The molecule has 0 saturated carbocycles. The van der Waals surface area contributed by atoms with E-state index in [1.807, 2.05) is 49.4 Å². The number of carbonyl (C=O) groups is 1. The van der Waals surface area contributed by atoms with E-state index in [4.69, 9.17) is 0 Å². The second kappa shape index (κ2) is 4.63. The third-order valence-electron chi connectivity index (χ3n) is 2.94. The zero-order valence-electron chi connectivity index (χ0n) is 10.3. The third-order valence-corrected chi connectivity index (χ3v) is 3.44. The summed E-state index contributed by atoms with van der Waals surface area (Å²) in [4.78, 5) is 16.4. The summed E-state index contributed by atoms with van der Waals surface area (Å²) in [6.45, 7) is 2.00. The number of halogens is 1. The minimum atomic E-state index is -0.152. The van der Waals surface area contributed by atoms with Gasteiger partial charge in [-0.2, -0.15) is 0 Å². The van der Waals surface area contributed by atoms with E-state index in [2.05, 4.69) is 26.2 Å². The average Bonchev–Trinajstić information content (AvgIpc) is 2.66. The van der Waals surface area contributed by atoms with Gasteiger partial charge in [-0.1, -0.05) is 33.6 Å². The number of hydrogen-bond acceptors (Lipinski definition) is 2. The van der Waals surface area contributed by atoms with Crippen LogP contribution in [0, 0.1) is 6.92 Å². The van der Waals surface area contributed by atoms with Crippen LogP contribution in [0.4, 0.5) is 11.4 Å². The molecule has 2 aromatic carbocycles. The Morgan fingerprint density at radius 2 is 2.00 bits per heavy atom. The molecule has 0 fully saturated rings. The highest BCUT2D eigenvalue weighted by atomic mass is 79.9. The highest BCUT2D eigenvalue weighted by molar-refractivity contribution is 9.10. The summed E-state index contributed by atoms with van der Waals surface area (Å²) in [5, 5.41) is 2.83. The van der Waals surface area contributed by atoms with Gasteiger partial charge in [0.15, 0.2) is 0 Å². The van der Waals surface area contributed by atoms with Crippen LogP contribution in [-0.4, -0.2) is 11.6 Å². The highest BCUT2D eigenvalue weighted by Crippen LogP contribution is 2.27. The largest absolute Gasteiger partial charge is 0.320 e. The Morgan fingerprint density at radius 1 is 1.16 bits per heavy atom. The quantitative estimate of drug-likeness (QED) is 0.854. The van der Waals surface area contributed by atoms with E-state index in [9.17, 15) is 4.79 Å². The van der Waals surface area contributed by atoms with Crippen LogP contribution in [0.2, 0.25) is 0 Å². The topological polar surface area (TPSA) is 41.5 Å². The summed E-state index contributed by atoms with van der Waals surface area (Å²) in [6.07, 6.45) is 0. The number of nitrogens with one attached hydrogen (secondary N) is 1. The molecule has 0 aliphatic carbocycles. The van der Waals surface area contributed by atoms with Crippen LogP contribution < -0.4 is 5.32 Å². The van der Waals surface area contributed by atoms with Crippen molar-refractivity contribution in [1.29, 1.82) is 0 Å². The lowest BCUT2D eigenvalue weighted by Crippen LogP contribution is -2.13. The molecule has 1 heterocycles. The van der Waals surface area contributed by atoms with Gasteiger partial charge in [-0.15, -0.1) is 0 Å². The lowest BCUT2D eigenvalue weighted by Gasteiger charge is -2.00. The second-order valence-electron chi connectivity index (χ2n) is 4.44. The number of rotatable bonds is 1. The molecular weight excluding hydrogens is 304 g/mol. The molecule has 1 aliphatic rings. The minimum Gasteiger partial charge on any atom is -0.320 e. The van der Waals surface area contributed by atoms with E-state index in [1.165, 1.54) is 0 Å². The zero-order chi connectivity index (χ0) is 13.4. The molecule has 1 N–H and O–H groups in total. The number of amides is 1. The van der Waals surface area contributed by atoms with E-state index < -0.39 is 0 Å². The first-order chi connectivity index (χ1) is 9.13. The first-order valence-electron chi connectivity index (χ1n) is 5.90. The number of fused-ring (bicyclic) bond motifs is 1. The van der Waals surface area contributed by atoms with E-state index in [0.717, 1.165) is 27.0 Å². The Kier molecular flexibility index (Phi) is 2.95. The van der Waals surface area contributed by atoms with Gasteiger partial charge in [-0.05, 0) is 37.3 Å². The van der Waals surface area contributed by atoms with Crippen molar-refractivity contribution < 1.29 is 4.79 Å². The molecule has 4 heteroatoms. The van der Waals surface area contributed by atoms with Crippen LogP contribution in [0.1, 0.15) is 11.1 Å². The lowest BCUT2D eigenvalue weighted by atomic mass is 10.1. The molecule has 0 radical (unpaired) electrons. The van der Waals surface area contributed by atoms with Crippen molar-refractivity contribution in [2.45, 2.75) is 6.92 Å². The standard InChI is InChI=1S/C15H11BrN2O/c1-9-5-6-13-12(7-9)14(15(19)18-13)17-11-4-2-3-10(16)8-11/h2-8H,1H3,(H,17,18,19). The van der Waals surface area contributed by atoms with Gasteiger partial charge in [-0.3, -0.25) is 4.79 Å². The van der Waals surface area contributed by atoms with Crippen molar-refractivity contribution >= 4 is 38.9 Å². The number of aryl methyl sites for hydroxylation is 1. The normalized spacial score (nSPS) is 15.5. The number of benzene rings is 2. The van der Waals surface area contributed by atoms with Gasteiger partial charge in [0, 0.05) is 10.0 Å². The predicted octanol–water partition coefficient (Wildman–Crippen LogP) is 3.83. The molecule has 0 atom stereocenters. The Hall–Kier alpha value is -1.94. The molecule has 2 aromatic rings. The number of hydrogen-bond donors (Lipinski definition) is 1. The highest BCUT2D eigenvalue weighted by Gasteiger charge is 2.25. The van der Waals surface area contributed by atoms with E-state index in [1.54, 1.807) is 0 Å². The molecule has 1 amide bonds. The average molecular weight is 315 g/mol. The summed E-state index contributed by atoms with van der Waals surface area (Å²) >= 11 is 3.40. The monoisotopic (exact) mass is 314 g/mol. The zero-order valence-corrected chi connectivity index (χ0v) is 11.9. The second-order valence-corrected chi connectivity index (χ2v) is 5.36. The van der Waals surface area contributed by atoms with Crippen molar-refractivity contribution in [3.63, 3.8) is 0 Å². The SMILES string of the molecule is Cc1ccc2c(c1)C(=Nc1cccc(Br)c1)C(=O)N2. The van der Waals surface area contributed by atoms with E-state index >= 15 is 0 Å². The molecule has 3 rings (SSSR count). The molecule has 94 valence electrons. The Bertz CT molecular complexity index is 707. The maximum Gasteiger partial charge on any atom is 0.275 e. The fraction of sp³-hybridized carbons (Fsp3) is 0.0667. The Balaban J connectivity index is 2.11. The van der Waals surface area contributed by atoms with E-state index in [0.29, 0.717) is 5.71 Å². The van der Waals surface area contributed by atoms with E-state index in [-0.39, 0.29) is 5.91 Å². The molecule has 0 unspecified atom stereocenters. The predicted molar refractivity (Wildman–Crippen MR) is 80.1 cm³/mol. The van der Waals surface area contributed by atoms with Crippen molar-refractivity contribution in [2.75, 3.05) is 5.32 Å². The minimum absolute atomic E-state index is 0.152. The molecule has 1 aliphatic heterocycles. The smallest absolute Gasteiger partial charge is 0.275 e. The number of anilines is 1. The molecule has 0 saturated heterocycles. The van der Waals surface area contributed by atoms with Crippen molar-refractivity contribution in [3.05, 3.63) is 58.1 Å². The summed E-state index contributed by atoms with van der Waals surface area (Å²) < 4.78 is 0.942. The van der Waals surface area contributed by atoms with Gasteiger partial charge in [-0.25, -0.2) is 4.99 Å². The van der Waals surface area contributed by atoms with Gasteiger partial charge in [0.1, 0.15) is 5.71 Å². The summed E-state index contributed by atoms with van der Waals surface area (Å²) in [7, 11) is 0. The fourth-order valence-electron chi connectivity index (χ4n) is 2.05. The van der Waals surface area contributed by atoms with Gasteiger partial charge >= 0.3 is 0 Å². The first kappa shape index (κ1) is 12.1. The summed E-state index contributed by atoms with van der Waals surface area (Å²) in [6, 6.07) is 13.4. The van der Waals surface area contributed by atoms with Crippen molar-refractivity contribution in [2.24, 2.45) is 4.99 Å². The van der Waals surface area contributed by atoms with Gasteiger partial charge in [0.05, 0.1) is 11.4 Å².